The maximum Gasteiger partial charge on any atom is 0.407 e. The summed E-state index contributed by atoms with van der Waals surface area (Å²) < 4.78 is 28.1. The predicted octanol–water partition coefficient (Wildman–Crippen LogP) is 0.142. The highest BCUT2D eigenvalue weighted by molar-refractivity contribution is 5.89. The number of nitrogens with one attached hydrogen (secondary N) is 1. The Labute approximate surface area is 198 Å². The van der Waals surface area contributed by atoms with Crippen LogP contribution in [-0.2, 0) is 23.7 Å². The molecule has 5 atom stereocenters. The number of hydrogen-bond donors (Lipinski definition) is 3. The van der Waals surface area contributed by atoms with Crippen molar-refractivity contribution in [3.05, 3.63) is 35.9 Å². The Bertz CT molecular complexity index is 773. The van der Waals surface area contributed by atoms with E-state index in [1.165, 1.54) is 0 Å². The van der Waals surface area contributed by atoms with Crippen LogP contribution in [0.2, 0.25) is 0 Å². The van der Waals surface area contributed by atoms with Gasteiger partial charge in [-0.25, -0.2) is 9.59 Å². The van der Waals surface area contributed by atoms with Crippen LogP contribution in [-0.4, -0.2) is 110 Å². The summed E-state index contributed by atoms with van der Waals surface area (Å²) in [6.07, 6.45) is -7.12. The molecular formula is C23H34N2O9. The number of nitrogens with zero attached hydrogens (tertiary/aromatic N) is 1. The van der Waals surface area contributed by atoms with Crippen LogP contribution in [0, 0.1) is 0 Å². The number of esters is 1. The van der Waals surface area contributed by atoms with Gasteiger partial charge >= 0.3 is 12.1 Å². The minimum absolute atomic E-state index is 0.219. The van der Waals surface area contributed by atoms with Gasteiger partial charge in [0, 0.05) is 25.7 Å². The van der Waals surface area contributed by atoms with Crippen LogP contribution < -0.4 is 5.32 Å². The highest BCUT2D eigenvalue weighted by atomic mass is 16.7. The molecule has 2 saturated heterocycles. The van der Waals surface area contributed by atoms with Crippen molar-refractivity contribution in [1.82, 2.24) is 10.2 Å². The maximum atomic E-state index is 12.8. The van der Waals surface area contributed by atoms with Crippen molar-refractivity contribution in [2.45, 2.75) is 50.6 Å². The van der Waals surface area contributed by atoms with E-state index in [9.17, 15) is 19.8 Å². The van der Waals surface area contributed by atoms with Crippen molar-refractivity contribution >= 4 is 12.1 Å². The highest BCUT2D eigenvalue weighted by Gasteiger charge is 2.50. The van der Waals surface area contributed by atoms with Crippen molar-refractivity contribution in [2.75, 3.05) is 46.1 Å². The molecule has 2 aliphatic rings. The van der Waals surface area contributed by atoms with E-state index in [-0.39, 0.29) is 18.2 Å². The van der Waals surface area contributed by atoms with Gasteiger partial charge in [-0.05, 0) is 26.0 Å². The van der Waals surface area contributed by atoms with E-state index < -0.39 is 49.4 Å². The molecule has 1 aromatic carbocycles. The second kappa shape index (κ2) is 13.0. The summed E-state index contributed by atoms with van der Waals surface area (Å²) in [5.74, 6) is -0.691. The zero-order chi connectivity index (χ0) is 24.5. The van der Waals surface area contributed by atoms with Crippen molar-refractivity contribution in [3.63, 3.8) is 0 Å². The number of hydrogen-bond acceptors (Lipinski definition) is 10. The van der Waals surface area contributed by atoms with Gasteiger partial charge in [0.15, 0.2) is 18.5 Å². The van der Waals surface area contributed by atoms with Gasteiger partial charge in [-0.2, -0.15) is 0 Å². The Hall–Kier alpha value is -2.28. The van der Waals surface area contributed by atoms with Crippen LogP contribution in [0.4, 0.5) is 4.79 Å². The number of aliphatic hydroxyl groups excluding tert-OH is 2. The first-order valence-corrected chi connectivity index (χ1v) is 11.5. The van der Waals surface area contributed by atoms with Crippen LogP contribution >= 0.6 is 0 Å². The molecule has 0 bridgehead atoms. The number of benzene rings is 1. The average molecular weight is 483 g/mol. The SMILES string of the molecule is CC(C)NC(=O)O[C@H]1[C@H](O)[C@@H](CO)O[C@@H](OCCN2CCOCC2)[C@@H]1OC(=O)c1ccccc1. The molecule has 11 nitrogen and oxygen atoms in total. The lowest BCUT2D eigenvalue weighted by atomic mass is 9.98. The second-order valence-corrected chi connectivity index (χ2v) is 8.45. The number of morpholine rings is 1. The summed E-state index contributed by atoms with van der Waals surface area (Å²) in [6, 6.07) is 8.07. The Kier molecular flexibility index (Phi) is 10.1. The minimum atomic E-state index is -1.45. The van der Waals surface area contributed by atoms with E-state index >= 15 is 0 Å². The maximum absolute atomic E-state index is 12.8. The summed E-state index contributed by atoms with van der Waals surface area (Å²) in [4.78, 5) is 27.3. The molecule has 0 aromatic heterocycles. The van der Waals surface area contributed by atoms with Gasteiger partial charge in [0.25, 0.3) is 0 Å². The molecule has 0 unspecified atom stereocenters. The van der Waals surface area contributed by atoms with Crippen LogP contribution in [0.25, 0.3) is 0 Å². The van der Waals surface area contributed by atoms with E-state index in [1.54, 1.807) is 44.2 Å². The molecular weight excluding hydrogens is 448 g/mol. The highest BCUT2D eigenvalue weighted by Crippen LogP contribution is 2.28. The summed E-state index contributed by atoms with van der Waals surface area (Å²) in [5, 5.41) is 23.1. The van der Waals surface area contributed by atoms with E-state index in [4.69, 9.17) is 23.7 Å². The van der Waals surface area contributed by atoms with E-state index in [2.05, 4.69) is 10.2 Å². The molecule has 3 N–H and O–H groups in total. The van der Waals surface area contributed by atoms with Gasteiger partial charge in [0.2, 0.25) is 0 Å². The summed E-state index contributed by atoms with van der Waals surface area (Å²) in [6.45, 7) is 6.56. The number of aliphatic hydroxyl groups is 2. The fourth-order valence-electron chi connectivity index (χ4n) is 3.72. The number of carbonyl (C=O) groups is 2. The molecule has 0 aliphatic carbocycles. The first kappa shape index (κ1) is 26.3. The van der Waals surface area contributed by atoms with Gasteiger partial charge in [0.1, 0.15) is 12.2 Å². The molecule has 34 heavy (non-hydrogen) atoms. The molecule has 1 amide bonds. The van der Waals surface area contributed by atoms with E-state index in [1.807, 2.05) is 0 Å². The average Bonchev–Trinajstić information content (AvgIpc) is 2.83. The second-order valence-electron chi connectivity index (χ2n) is 8.45. The summed E-state index contributed by atoms with van der Waals surface area (Å²) in [5.41, 5.74) is 0.277. The predicted molar refractivity (Wildman–Crippen MR) is 119 cm³/mol. The van der Waals surface area contributed by atoms with E-state index in [0.717, 1.165) is 13.1 Å². The van der Waals surface area contributed by atoms with Gasteiger partial charge in [-0.3, -0.25) is 4.90 Å². The van der Waals surface area contributed by atoms with Crippen LogP contribution in [0.15, 0.2) is 30.3 Å². The number of rotatable bonds is 9. The third kappa shape index (κ3) is 7.36. The Morgan fingerprint density at radius 2 is 1.85 bits per heavy atom. The third-order valence-corrected chi connectivity index (χ3v) is 5.49. The number of amides is 1. The summed E-state index contributed by atoms with van der Waals surface area (Å²) in [7, 11) is 0. The molecule has 11 heteroatoms. The van der Waals surface area contributed by atoms with Gasteiger partial charge < -0.3 is 39.2 Å². The Morgan fingerprint density at radius 1 is 1.15 bits per heavy atom. The van der Waals surface area contributed by atoms with Crippen LogP contribution in [0.1, 0.15) is 24.2 Å². The molecule has 3 rings (SSSR count). The lowest BCUT2D eigenvalue weighted by molar-refractivity contribution is -0.299. The van der Waals surface area contributed by atoms with Crippen LogP contribution in [0.5, 0.6) is 0 Å². The zero-order valence-corrected chi connectivity index (χ0v) is 19.5. The number of alkyl carbamates (subject to hydrolysis) is 1. The first-order valence-electron chi connectivity index (χ1n) is 11.5. The monoisotopic (exact) mass is 482 g/mol. The Balaban J connectivity index is 1.76. The molecule has 2 heterocycles. The van der Waals surface area contributed by atoms with Gasteiger partial charge in [-0.15, -0.1) is 0 Å². The minimum Gasteiger partial charge on any atom is -0.449 e. The largest absolute Gasteiger partial charge is 0.449 e. The zero-order valence-electron chi connectivity index (χ0n) is 19.5. The van der Waals surface area contributed by atoms with E-state index in [0.29, 0.717) is 19.8 Å². The fraction of sp³-hybridized carbons (Fsp3) is 0.652. The number of ether oxygens (including phenoxy) is 5. The van der Waals surface area contributed by atoms with Crippen molar-refractivity contribution in [1.29, 1.82) is 0 Å². The smallest absolute Gasteiger partial charge is 0.407 e. The topological polar surface area (TPSA) is 136 Å². The molecule has 0 saturated carbocycles. The summed E-state index contributed by atoms with van der Waals surface area (Å²) >= 11 is 0. The lowest BCUT2D eigenvalue weighted by Crippen LogP contribution is -2.62. The molecule has 1 aromatic rings. The molecule has 2 fully saturated rings. The third-order valence-electron chi connectivity index (χ3n) is 5.49. The molecule has 2 aliphatic heterocycles. The number of carbonyl (C=O) groups excluding carboxylic acids is 2. The van der Waals surface area contributed by atoms with Crippen LogP contribution in [0.3, 0.4) is 0 Å². The Morgan fingerprint density at radius 3 is 2.50 bits per heavy atom. The lowest BCUT2D eigenvalue weighted by Gasteiger charge is -2.43. The van der Waals surface area contributed by atoms with Crippen molar-refractivity contribution < 1.29 is 43.5 Å². The van der Waals surface area contributed by atoms with Gasteiger partial charge in [0.05, 0.1) is 32.0 Å². The standard InChI is InChI=1S/C23H34N2O9/c1-15(2)24-23(29)34-19-18(27)17(14-26)32-22(31-13-10-25-8-11-30-12-9-25)20(19)33-21(28)16-6-4-3-5-7-16/h3-7,15,17-20,22,26-27H,8-14H2,1-2H3,(H,24,29)/t17-,18-,19+,20-,22-/m1/s1. The molecule has 190 valence electrons. The van der Waals surface area contributed by atoms with Crippen molar-refractivity contribution in [2.24, 2.45) is 0 Å². The fourth-order valence-corrected chi connectivity index (χ4v) is 3.72. The quantitative estimate of drug-likeness (QED) is 0.417. The molecule has 0 radical (unpaired) electrons. The van der Waals surface area contributed by atoms with Gasteiger partial charge in [-0.1, -0.05) is 18.2 Å². The molecule has 0 spiro atoms. The normalized spacial score (nSPS) is 27.9. The first-order chi connectivity index (χ1) is 16.4. The van der Waals surface area contributed by atoms with Crippen molar-refractivity contribution in [3.8, 4) is 0 Å².